The van der Waals surface area contributed by atoms with Crippen molar-refractivity contribution >= 4 is 35.1 Å². The largest absolute Gasteiger partial charge is 0.481 e. The van der Waals surface area contributed by atoms with E-state index in [1.54, 1.807) is 14.2 Å². The van der Waals surface area contributed by atoms with Crippen molar-refractivity contribution in [1.29, 1.82) is 0 Å². The number of fused-ring (bicyclic) bond motifs is 1. The summed E-state index contributed by atoms with van der Waals surface area (Å²) in [5.41, 5.74) is 7.33. The number of nitrogens with zero attached hydrogens (tertiary/aromatic N) is 3. The van der Waals surface area contributed by atoms with Crippen molar-refractivity contribution in [2.24, 2.45) is 5.92 Å². The highest BCUT2D eigenvalue weighted by atomic mass is 35.5. The lowest BCUT2D eigenvalue weighted by Crippen LogP contribution is -2.38. The number of hydrogen-bond donors (Lipinski definition) is 3. The van der Waals surface area contributed by atoms with Crippen LogP contribution in [0.3, 0.4) is 0 Å². The fourth-order valence-electron chi connectivity index (χ4n) is 7.71. The van der Waals surface area contributed by atoms with Gasteiger partial charge in [0.05, 0.1) is 30.9 Å². The number of rotatable bonds is 13. The first-order chi connectivity index (χ1) is 25.7. The van der Waals surface area contributed by atoms with E-state index in [-0.39, 0.29) is 24.0 Å². The van der Waals surface area contributed by atoms with Crippen LogP contribution in [-0.2, 0) is 29.1 Å². The summed E-state index contributed by atoms with van der Waals surface area (Å²) in [6.45, 7) is 3.00. The minimum Gasteiger partial charge on any atom is -0.481 e. The number of benzene rings is 2. The summed E-state index contributed by atoms with van der Waals surface area (Å²) < 4.78 is 17.8. The number of piperidine rings is 1. The lowest BCUT2D eigenvalue weighted by atomic mass is 9.94. The van der Waals surface area contributed by atoms with E-state index in [0.29, 0.717) is 72.4 Å². The van der Waals surface area contributed by atoms with Gasteiger partial charge in [-0.2, -0.15) is 4.98 Å². The molecule has 13 heteroatoms. The van der Waals surface area contributed by atoms with Crippen molar-refractivity contribution in [2.45, 2.75) is 63.8 Å². The maximum atomic E-state index is 11.6. The Morgan fingerprint density at radius 2 is 1.72 bits per heavy atom. The number of carboxylic acid groups (broad SMARTS) is 1. The van der Waals surface area contributed by atoms with Gasteiger partial charge in [-0.15, -0.1) is 0 Å². The highest BCUT2D eigenvalue weighted by Gasteiger charge is 2.30. The van der Waals surface area contributed by atoms with Crippen LogP contribution in [0, 0.1) is 5.92 Å². The third kappa shape index (κ3) is 8.08. The summed E-state index contributed by atoms with van der Waals surface area (Å²) in [6.07, 6.45) is 4.15. The van der Waals surface area contributed by atoms with Crippen LogP contribution in [0.15, 0.2) is 54.6 Å². The number of nitrogens with one attached hydrogen (secondary N) is 2. The van der Waals surface area contributed by atoms with Crippen LogP contribution in [-0.4, -0.2) is 71.7 Å². The Hall–Kier alpha value is -4.42. The molecule has 278 valence electrons. The molecular weight excluding hydrogens is 717 g/mol. The van der Waals surface area contributed by atoms with Gasteiger partial charge in [-0.1, -0.05) is 65.7 Å². The highest BCUT2D eigenvalue weighted by Crippen LogP contribution is 2.45. The number of aromatic nitrogens is 2. The molecule has 0 saturated carbocycles. The van der Waals surface area contributed by atoms with Crippen molar-refractivity contribution in [1.82, 2.24) is 25.5 Å². The molecule has 2 aliphatic heterocycles. The number of amides is 1. The molecule has 11 nitrogen and oxygen atoms in total. The Bertz CT molecular complexity index is 2010. The smallest absolute Gasteiger partial charge is 0.307 e. The third-order valence-electron chi connectivity index (χ3n) is 10.4. The standard InChI is InChI=1S/C40H43Cl2N5O6/c1-51-37-23(19-43-20-26-12-16-35(48)44-26)11-14-33(45-37)31-10-4-9-30(36(31)42)27-7-3-8-29-28(27)13-15-34(29)53-39-32(41)18-25(38(46-39)52-2)22-47-17-5-6-24(21-47)40(49)50/h3-4,7-11,14,18,24,26,34,43H,5-6,12-13,15-17,19-22H2,1-2H3,(H,44,48)(H,49,50)/t24-,26+,34+/m1/s1. The Morgan fingerprint density at radius 1 is 0.943 bits per heavy atom. The minimum absolute atomic E-state index is 0.0994. The molecule has 53 heavy (non-hydrogen) atoms. The van der Waals surface area contributed by atoms with E-state index in [4.69, 9.17) is 42.4 Å². The number of carboxylic acids is 1. The monoisotopic (exact) mass is 759 g/mol. The van der Waals surface area contributed by atoms with Gasteiger partial charge in [0.1, 0.15) is 11.1 Å². The molecule has 4 aromatic rings. The van der Waals surface area contributed by atoms with Crippen LogP contribution >= 0.6 is 23.2 Å². The van der Waals surface area contributed by atoms with Crippen LogP contribution in [0.25, 0.3) is 22.4 Å². The Morgan fingerprint density at radius 3 is 2.49 bits per heavy atom. The first-order valence-corrected chi connectivity index (χ1v) is 18.8. The van der Waals surface area contributed by atoms with Crippen LogP contribution in [0.4, 0.5) is 0 Å². The Labute approximate surface area is 319 Å². The number of pyridine rings is 2. The molecule has 2 aromatic heterocycles. The van der Waals surface area contributed by atoms with Crippen molar-refractivity contribution < 1.29 is 28.9 Å². The molecule has 0 bridgehead atoms. The van der Waals surface area contributed by atoms with Crippen molar-refractivity contribution in [3.63, 3.8) is 0 Å². The molecule has 1 amide bonds. The lowest BCUT2D eigenvalue weighted by Gasteiger charge is -2.30. The zero-order valence-corrected chi connectivity index (χ0v) is 31.3. The fourth-order valence-corrected chi connectivity index (χ4v) is 8.26. The number of halogens is 2. The maximum Gasteiger partial charge on any atom is 0.307 e. The van der Waals surface area contributed by atoms with Gasteiger partial charge in [-0.3, -0.25) is 14.5 Å². The van der Waals surface area contributed by atoms with Gasteiger partial charge >= 0.3 is 5.97 Å². The van der Waals surface area contributed by atoms with E-state index < -0.39 is 5.97 Å². The van der Waals surface area contributed by atoms with Gasteiger partial charge in [0, 0.05) is 60.9 Å². The molecule has 0 radical (unpaired) electrons. The normalized spacial score (nSPS) is 19.8. The Kier molecular flexibility index (Phi) is 11.4. The van der Waals surface area contributed by atoms with E-state index in [1.165, 1.54) is 0 Å². The molecule has 0 spiro atoms. The third-order valence-corrected chi connectivity index (χ3v) is 11.1. The van der Waals surface area contributed by atoms with Crippen LogP contribution in [0.1, 0.15) is 60.5 Å². The second-order valence-electron chi connectivity index (χ2n) is 13.8. The summed E-state index contributed by atoms with van der Waals surface area (Å²) in [4.78, 5) is 34.7. The van der Waals surface area contributed by atoms with E-state index in [1.807, 2.05) is 42.5 Å². The van der Waals surface area contributed by atoms with Crippen LogP contribution in [0.2, 0.25) is 10.0 Å². The second kappa shape index (κ2) is 16.3. The Balaban J connectivity index is 1.08. The van der Waals surface area contributed by atoms with E-state index in [9.17, 15) is 14.7 Å². The zero-order valence-electron chi connectivity index (χ0n) is 29.8. The topological polar surface area (TPSA) is 135 Å². The van der Waals surface area contributed by atoms with Gasteiger partial charge in [0.2, 0.25) is 23.5 Å². The molecule has 0 unspecified atom stereocenters. The first kappa shape index (κ1) is 36.9. The highest BCUT2D eigenvalue weighted by molar-refractivity contribution is 6.36. The molecule has 3 atom stereocenters. The van der Waals surface area contributed by atoms with Gasteiger partial charge in [0.25, 0.3) is 0 Å². The van der Waals surface area contributed by atoms with Crippen LogP contribution < -0.4 is 24.8 Å². The lowest BCUT2D eigenvalue weighted by molar-refractivity contribution is -0.143. The van der Waals surface area contributed by atoms with E-state index >= 15 is 0 Å². The molecule has 7 rings (SSSR count). The summed E-state index contributed by atoms with van der Waals surface area (Å²) in [7, 11) is 3.17. The summed E-state index contributed by atoms with van der Waals surface area (Å²) in [5, 5.41) is 16.9. The molecule has 2 aromatic carbocycles. The predicted octanol–water partition coefficient (Wildman–Crippen LogP) is 6.87. The fraction of sp³-hybridized carbons (Fsp3) is 0.400. The van der Waals surface area contributed by atoms with Gasteiger partial charge in [-0.05, 0) is 67.5 Å². The predicted molar refractivity (Wildman–Crippen MR) is 203 cm³/mol. The number of carbonyl (C=O) groups is 2. The SMILES string of the molecule is COc1nc(-c2cccc(-c3cccc4c3CC[C@@H]4Oc3nc(OC)c(CN4CCC[C@@H](C(=O)O)C4)cc3Cl)c2Cl)ccc1CNC[C@@H]1CCC(=O)N1. The van der Waals surface area contributed by atoms with Crippen molar-refractivity contribution in [3.05, 3.63) is 86.9 Å². The maximum absolute atomic E-state index is 11.6. The van der Waals surface area contributed by atoms with Crippen molar-refractivity contribution in [3.8, 4) is 40.0 Å². The average Bonchev–Trinajstić information content (AvgIpc) is 3.78. The number of aliphatic carboxylic acids is 1. The first-order valence-electron chi connectivity index (χ1n) is 18.0. The summed E-state index contributed by atoms with van der Waals surface area (Å²) in [5.74, 6) is 0.167. The minimum atomic E-state index is -0.766. The number of methoxy groups -OCH3 is 2. The molecule has 4 heterocycles. The molecular formula is C40H43Cl2N5O6. The summed E-state index contributed by atoms with van der Waals surface area (Å²) in [6, 6.07) is 18.0. The number of hydrogen-bond acceptors (Lipinski definition) is 9. The number of carbonyl (C=O) groups excluding carboxylic acids is 1. The molecule has 2 fully saturated rings. The summed E-state index contributed by atoms with van der Waals surface area (Å²) >= 11 is 13.9. The molecule has 3 N–H and O–H groups in total. The van der Waals surface area contributed by atoms with Gasteiger partial charge in [-0.25, -0.2) is 4.98 Å². The van der Waals surface area contributed by atoms with E-state index in [2.05, 4.69) is 32.7 Å². The quantitative estimate of drug-likeness (QED) is 0.133. The van der Waals surface area contributed by atoms with Crippen LogP contribution in [0.5, 0.6) is 17.6 Å². The van der Waals surface area contributed by atoms with E-state index in [0.717, 1.165) is 71.2 Å². The second-order valence-corrected chi connectivity index (χ2v) is 14.6. The molecule has 3 aliphatic rings. The number of likely N-dealkylation sites (tertiary alicyclic amines) is 1. The van der Waals surface area contributed by atoms with Gasteiger partial charge < -0.3 is 30.0 Å². The molecule has 2 saturated heterocycles. The zero-order chi connectivity index (χ0) is 37.1. The number of ether oxygens (including phenoxy) is 3. The van der Waals surface area contributed by atoms with Gasteiger partial charge in [0.15, 0.2) is 0 Å². The molecule has 1 aliphatic carbocycles. The average molecular weight is 761 g/mol. The van der Waals surface area contributed by atoms with Crippen molar-refractivity contribution in [2.75, 3.05) is 33.9 Å².